The zero-order valence-corrected chi connectivity index (χ0v) is 14.6. The summed E-state index contributed by atoms with van der Waals surface area (Å²) >= 11 is 1.46. The molecule has 0 saturated heterocycles. The Kier molecular flexibility index (Phi) is 8.68. The van der Waals surface area contributed by atoms with Crippen LogP contribution < -0.4 is 5.32 Å². The van der Waals surface area contributed by atoms with Crippen molar-refractivity contribution in [3.8, 4) is 0 Å². The Morgan fingerprint density at radius 3 is 2.78 bits per heavy atom. The van der Waals surface area contributed by atoms with E-state index in [4.69, 9.17) is 4.74 Å². The van der Waals surface area contributed by atoms with Crippen LogP contribution in [0, 0.1) is 6.92 Å². The quantitative estimate of drug-likeness (QED) is 0.288. The molecule has 23 heavy (non-hydrogen) atoms. The number of carbonyl (C=O) groups excluding carboxylic acids is 1. The van der Waals surface area contributed by atoms with Crippen LogP contribution in [-0.2, 0) is 9.53 Å². The van der Waals surface area contributed by atoms with Crippen LogP contribution in [0.5, 0.6) is 0 Å². The molecule has 1 heterocycles. The van der Waals surface area contributed by atoms with Crippen LogP contribution in [0.2, 0.25) is 0 Å². The number of rotatable bonds is 10. The van der Waals surface area contributed by atoms with E-state index in [2.05, 4.69) is 29.5 Å². The van der Waals surface area contributed by atoms with Crippen molar-refractivity contribution < 1.29 is 9.53 Å². The van der Waals surface area contributed by atoms with Crippen molar-refractivity contribution in [2.45, 2.75) is 32.6 Å². The molecule has 0 aliphatic heterocycles. The normalized spacial score (nSPS) is 11.0. The summed E-state index contributed by atoms with van der Waals surface area (Å²) in [5.74, 6) is 0.537. The summed E-state index contributed by atoms with van der Waals surface area (Å²) in [7, 11) is 1.57. The molecule has 4 nitrogen and oxygen atoms in total. The van der Waals surface area contributed by atoms with Crippen LogP contribution in [0.4, 0.5) is 5.13 Å². The molecule has 0 unspecified atom stereocenters. The van der Waals surface area contributed by atoms with Gasteiger partial charge in [0.05, 0.1) is 12.8 Å². The summed E-state index contributed by atoms with van der Waals surface area (Å²) in [4.78, 5) is 17.3. The molecule has 1 rings (SSSR count). The second kappa shape index (κ2) is 10.6. The minimum atomic E-state index is -0.0241. The summed E-state index contributed by atoms with van der Waals surface area (Å²) < 4.78 is 4.98. The van der Waals surface area contributed by atoms with Gasteiger partial charge >= 0.3 is 0 Å². The van der Waals surface area contributed by atoms with Gasteiger partial charge in [-0.3, -0.25) is 4.79 Å². The molecule has 1 aromatic heterocycles. The molecular weight excluding hydrogens is 308 g/mol. The molecule has 0 aromatic carbocycles. The number of hydrogen-bond acceptors (Lipinski definition) is 4. The third-order valence-corrected chi connectivity index (χ3v) is 3.91. The van der Waals surface area contributed by atoms with Crippen LogP contribution in [0.1, 0.15) is 36.3 Å². The van der Waals surface area contributed by atoms with E-state index in [0.717, 1.165) is 29.8 Å². The highest BCUT2D eigenvalue weighted by Crippen LogP contribution is 2.23. The molecule has 0 fully saturated rings. The minimum absolute atomic E-state index is 0.0241. The van der Waals surface area contributed by atoms with Gasteiger partial charge in [0.2, 0.25) is 5.91 Å². The Morgan fingerprint density at radius 2 is 2.09 bits per heavy atom. The number of anilines is 1. The van der Waals surface area contributed by atoms with Gasteiger partial charge in [-0.15, -0.1) is 17.9 Å². The molecule has 0 atom stereocenters. The van der Waals surface area contributed by atoms with E-state index >= 15 is 0 Å². The van der Waals surface area contributed by atoms with Crippen molar-refractivity contribution in [1.82, 2.24) is 4.98 Å². The number of thiazole rings is 1. The number of allylic oxidation sites excluding steroid dienone is 4. The maximum atomic E-state index is 11.9. The number of carbonyl (C=O) groups is 1. The summed E-state index contributed by atoms with van der Waals surface area (Å²) in [6, 6.07) is 0. The third-order valence-electron chi connectivity index (χ3n) is 3.01. The number of ether oxygens (including phenoxy) is 1. The molecule has 0 spiro atoms. The zero-order chi connectivity index (χ0) is 17.1. The summed E-state index contributed by atoms with van der Waals surface area (Å²) in [6.45, 7) is 9.35. The number of methoxy groups -OCH3 is 1. The number of aryl methyl sites for hydroxylation is 1. The lowest BCUT2D eigenvalue weighted by Gasteiger charge is -1.98. The summed E-state index contributed by atoms with van der Waals surface area (Å²) in [5.41, 5.74) is 0.813. The number of nitrogens with zero attached hydrogens (tertiary/aromatic N) is 1. The first-order chi connectivity index (χ1) is 11.1. The summed E-state index contributed by atoms with van der Waals surface area (Å²) in [5, 5.41) is 3.45. The molecule has 5 heteroatoms. The lowest BCUT2D eigenvalue weighted by Crippen LogP contribution is -2.10. The third kappa shape index (κ3) is 7.61. The van der Waals surface area contributed by atoms with Gasteiger partial charge < -0.3 is 10.1 Å². The molecule has 0 saturated carbocycles. The molecule has 1 N–H and O–H groups in total. The van der Waals surface area contributed by atoms with Crippen LogP contribution in [0.25, 0.3) is 6.08 Å². The fraction of sp³-hybridized carbons (Fsp3) is 0.333. The van der Waals surface area contributed by atoms with E-state index in [1.165, 1.54) is 11.3 Å². The number of unbranched alkanes of at least 4 members (excludes halogenated alkanes) is 1. The molecule has 124 valence electrons. The largest absolute Gasteiger partial charge is 0.497 e. The smallest absolute Gasteiger partial charge is 0.226 e. The zero-order valence-electron chi connectivity index (χ0n) is 13.8. The average Bonchev–Trinajstić information content (AvgIpc) is 2.87. The summed E-state index contributed by atoms with van der Waals surface area (Å²) in [6.07, 6.45) is 12.7. The lowest BCUT2D eigenvalue weighted by atomic mass is 10.2. The first kappa shape index (κ1) is 18.9. The molecular formula is C18H24N2O2S. The van der Waals surface area contributed by atoms with Crippen molar-refractivity contribution in [2.24, 2.45) is 0 Å². The second-order valence-corrected chi connectivity index (χ2v) is 6.09. The predicted octanol–water partition coefficient (Wildman–Crippen LogP) is 4.87. The highest BCUT2D eigenvalue weighted by atomic mass is 32.1. The number of amides is 1. The van der Waals surface area contributed by atoms with Gasteiger partial charge in [0, 0.05) is 11.3 Å². The van der Waals surface area contributed by atoms with Crippen molar-refractivity contribution in [3.63, 3.8) is 0 Å². The Morgan fingerprint density at radius 1 is 1.35 bits per heavy atom. The minimum Gasteiger partial charge on any atom is -0.497 e. The van der Waals surface area contributed by atoms with E-state index in [9.17, 15) is 4.79 Å². The number of aromatic nitrogens is 1. The SMILES string of the molecule is C=CCC/C=C\CCC(=O)Nc1nc(/C=C\C(=C)OC)c(C)s1. The molecule has 0 aliphatic carbocycles. The number of hydrogen-bond donors (Lipinski definition) is 1. The van der Waals surface area contributed by atoms with Gasteiger partial charge in [0.1, 0.15) is 5.76 Å². The van der Waals surface area contributed by atoms with Crippen molar-refractivity contribution in [1.29, 1.82) is 0 Å². The molecule has 0 radical (unpaired) electrons. The van der Waals surface area contributed by atoms with Gasteiger partial charge in [0.25, 0.3) is 0 Å². The fourth-order valence-corrected chi connectivity index (χ4v) is 2.52. The maximum Gasteiger partial charge on any atom is 0.226 e. The van der Waals surface area contributed by atoms with E-state index < -0.39 is 0 Å². The highest BCUT2D eigenvalue weighted by molar-refractivity contribution is 7.15. The molecule has 1 aromatic rings. The van der Waals surface area contributed by atoms with Gasteiger partial charge in [-0.05, 0) is 38.3 Å². The Bertz CT molecular complexity index is 600. The van der Waals surface area contributed by atoms with E-state index in [0.29, 0.717) is 17.3 Å². The molecule has 0 bridgehead atoms. The van der Waals surface area contributed by atoms with Crippen LogP contribution in [0.3, 0.4) is 0 Å². The van der Waals surface area contributed by atoms with E-state index in [1.807, 2.05) is 25.2 Å². The Hall–Kier alpha value is -2.14. The van der Waals surface area contributed by atoms with Crippen molar-refractivity contribution >= 4 is 28.5 Å². The average molecular weight is 332 g/mol. The first-order valence-electron chi connectivity index (χ1n) is 7.51. The highest BCUT2D eigenvalue weighted by Gasteiger charge is 2.08. The lowest BCUT2D eigenvalue weighted by molar-refractivity contribution is -0.116. The van der Waals surface area contributed by atoms with E-state index in [1.54, 1.807) is 13.2 Å². The van der Waals surface area contributed by atoms with Gasteiger partial charge in [0.15, 0.2) is 5.13 Å². The second-order valence-electron chi connectivity index (χ2n) is 4.89. The van der Waals surface area contributed by atoms with Crippen molar-refractivity contribution in [3.05, 3.63) is 53.8 Å². The van der Waals surface area contributed by atoms with Crippen molar-refractivity contribution in [2.75, 3.05) is 12.4 Å². The molecule has 1 amide bonds. The van der Waals surface area contributed by atoms with Crippen LogP contribution >= 0.6 is 11.3 Å². The predicted molar refractivity (Wildman–Crippen MR) is 98.5 cm³/mol. The Labute approximate surface area is 142 Å². The monoisotopic (exact) mass is 332 g/mol. The maximum absolute atomic E-state index is 11.9. The Balaban J connectivity index is 2.46. The van der Waals surface area contributed by atoms with Gasteiger partial charge in [-0.25, -0.2) is 4.98 Å². The van der Waals surface area contributed by atoms with Crippen LogP contribution in [-0.4, -0.2) is 18.0 Å². The van der Waals surface area contributed by atoms with Gasteiger partial charge in [-0.2, -0.15) is 0 Å². The standard InChI is InChI=1S/C18H24N2O2S/c1-5-6-7-8-9-10-11-17(21)20-18-19-16(15(3)23-18)13-12-14(2)22-4/h5,8-9,12-13H,1-2,6-7,10-11H2,3-4H3,(H,19,20,21)/b9-8-,13-12-. The first-order valence-corrected chi connectivity index (χ1v) is 8.32. The fourth-order valence-electron chi connectivity index (χ4n) is 1.70. The molecule has 0 aliphatic rings. The topological polar surface area (TPSA) is 51.2 Å². The van der Waals surface area contributed by atoms with Gasteiger partial charge in [-0.1, -0.05) is 24.8 Å². The van der Waals surface area contributed by atoms with Crippen LogP contribution in [0.15, 0.2) is 43.2 Å². The number of nitrogens with one attached hydrogen (secondary N) is 1. The van der Waals surface area contributed by atoms with E-state index in [-0.39, 0.29) is 5.91 Å².